The van der Waals surface area contributed by atoms with Gasteiger partial charge in [0.15, 0.2) is 0 Å². The first-order valence-electron chi connectivity index (χ1n) is 6.37. The first-order valence-corrected chi connectivity index (χ1v) is 6.37. The van der Waals surface area contributed by atoms with Crippen LogP contribution in [0.4, 0.5) is 19.1 Å². The molecule has 1 aromatic carbocycles. The summed E-state index contributed by atoms with van der Waals surface area (Å²) >= 11 is 0. The van der Waals surface area contributed by atoms with E-state index >= 15 is 0 Å². The minimum absolute atomic E-state index is 0.00961. The number of anilines is 1. The van der Waals surface area contributed by atoms with Crippen LogP contribution in [0.15, 0.2) is 24.3 Å². The molecule has 1 aromatic heterocycles. The molecule has 3 rings (SSSR count). The molecule has 8 heteroatoms. The summed E-state index contributed by atoms with van der Waals surface area (Å²) in [5.74, 6) is -0.235. The van der Waals surface area contributed by atoms with Gasteiger partial charge < -0.3 is 10.1 Å². The van der Waals surface area contributed by atoms with Crippen LogP contribution in [0.25, 0.3) is 0 Å². The van der Waals surface area contributed by atoms with Crippen molar-refractivity contribution >= 4 is 5.95 Å². The molecule has 112 valence electrons. The number of rotatable bonds is 2. The monoisotopic (exact) mass is 298 g/mol. The highest BCUT2D eigenvalue weighted by atomic mass is 19.4. The Kier molecular flexibility index (Phi) is 3.23. The molecule has 21 heavy (non-hydrogen) atoms. The average molecular weight is 298 g/mol. The van der Waals surface area contributed by atoms with E-state index in [0.717, 1.165) is 5.56 Å². The number of alkyl halides is 3. The molecule has 0 aliphatic carbocycles. The van der Waals surface area contributed by atoms with Crippen LogP contribution < -0.4 is 10.1 Å². The highest BCUT2D eigenvalue weighted by Gasteiger charge is 2.38. The number of nitrogens with zero attached hydrogens (tertiary/aromatic N) is 3. The third-order valence-electron chi connectivity index (χ3n) is 3.39. The quantitative estimate of drug-likeness (QED) is 0.925. The van der Waals surface area contributed by atoms with E-state index in [1.54, 1.807) is 7.11 Å². The maximum absolute atomic E-state index is 12.6. The number of halogens is 3. The highest BCUT2D eigenvalue weighted by molar-refractivity contribution is 5.35. The van der Waals surface area contributed by atoms with Gasteiger partial charge >= 0.3 is 6.18 Å². The molecule has 5 nitrogen and oxygen atoms in total. The summed E-state index contributed by atoms with van der Waals surface area (Å²) in [5, 5.41) is 6.42. The fourth-order valence-corrected chi connectivity index (χ4v) is 2.33. The minimum atomic E-state index is -4.53. The van der Waals surface area contributed by atoms with Crippen LogP contribution in [0.1, 0.15) is 17.3 Å². The summed E-state index contributed by atoms with van der Waals surface area (Å²) in [6.45, 7) is 0.849. The SMILES string of the molecule is COc1cccc(C2CNc3nc(C(F)(F)F)nn3C2)c1. The minimum Gasteiger partial charge on any atom is -0.497 e. The van der Waals surface area contributed by atoms with Gasteiger partial charge in [-0.3, -0.25) is 0 Å². The van der Waals surface area contributed by atoms with Crippen LogP contribution in [-0.4, -0.2) is 28.4 Å². The standard InChI is InChI=1S/C13H13F3N4O/c1-21-10-4-2-3-8(5-10)9-6-17-12-18-11(13(14,15)16)19-20(12)7-9/h2-5,9H,6-7H2,1H3,(H,17,18,19). The zero-order valence-electron chi connectivity index (χ0n) is 11.2. The summed E-state index contributed by atoms with van der Waals surface area (Å²) in [6.07, 6.45) is -4.53. The molecule has 0 fully saturated rings. The van der Waals surface area contributed by atoms with Crippen molar-refractivity contribution in [1.82, 2.24) is 14.8 Å². The predicted octanol–water partition coefficient (Wildman–Crippen LogP) is 2.51. The van der Waals surface area contributed by atoms with Crippen molar-refractivity contribution in [1.29, 1.82) is 0 Å². The van der Waals surface area contributed by atoms with Crippen molar-refractivity contribution in [2.75, 3.05) is 19.0 Å². The first-order chi connectivity index (χ1) is 9.97. The van der Waals surface area contributed by atoms with Crippen LogP contribution >= 0.6 is 0 Å². The molecule has 1 aliphatic heterocycles. The third-order valence-corrected chi connectivity index (χ3v) is 3.39. The summed E-state index contributed by atoms with van der Waals surface area (Å²) in [5.41, 5.74) is 0.983. The molecule has 0 spiro atoms. The number of methoxy groups -OCH3 is 1. The number of nitrogens with one attached hydrogen (secondary N) is 1. The molecular weight excluding hydrogens is 285 g/mol. The second kappa shape index (κ2) is 4.94. The lowest BCUT2D eigenvalue weighted by molar-refractivity contribution is -0.144. The van der Waals surface area contributed by atoms with Crippen LogP contribution in [-0.2, 0) is 12.7 Å². The lowest BCUT2D eigenvalue weighted by Gasteiger charge is -2.24. The van der Waals surface area contributed by atoms with E-state index in [-0.39, 0.29) is 11.9 Å². The highest BCUT2D eigenvalue weighted by Crippen LogP contribution is 2.31. The van der Waals surface area contributed by atoms with E-state index in [1.165, 1.54) is 4.68 Å². The molecule has 0 radical (unpaired) electrons. The van der Waals surface area contributed by atoms with E-state index in [4.69, 9.17) is 4.74 Å². The molecule has 0 amide bonds. The molecule has 0 bridgehead atoms. The van der Waals surface area contributed by atoms with Gasteiger partial charge in [0, 0.05) is 12.5 Å². The van der Waals surface area contributed by atoms with Crippen LogP contribution in [0.2, 0.25) is 0 Å². The van der Waals surface area contributed by atoms with Crippen LogP contribution in [0, 0.1) is 0 Å². The van der Waals surface area contributed by atoms with Crippen molar-refractivity contribution in [3.05, 3.63) is 35.7 Å². The Hall–Kier alpha value is -2.25. The summed E-state index contributed by atoms with van der Waals surface area (Å²) < 4.78 is 44.3. The van der Waals surface area contributed by atoms with E-state index in [1.807, 2.05) is 24.3 Å². The average Bonchev–Trinajstić information content (AvgIpc) is 2.90. The Morgan fingerprint density at radius 1 is 1.38 bits per heavy atom. The lowest BCUT2D eigenvalue weighted by atomic mass is 9.98. The Morgan fingerprint density at radius 2 is 2.19 bits per heavy atom. The van der Waals surface area contributed by atoms with Gasteiger partial charge in [0.1, 0.15) is 5.75 Å². The second-order valence-electron chi connectivity index (χ2n) is 4.79. The number of fused-ring (bicyclic) bond motifs is 1. The van der Waals surface area contributed by atoms with Crippen LogP contribution in [0.5, 0.6) is 5.75 Å². The normalized spacial score (nSPS) is 18.0. The lowest BCUT2D eigenvalue weighted by Crippen LogP contribution is -2.26. The third kappa shape index (κ3) is 2.65. The molecule has 1 unspecified atom stereocenters. The molecule has 0 saturated heterocycles. The molecule has 2 aromatic rings. The van der Waals surface area contributed by atoms with Crippen LogP contribution in [0.3, 0.4) is 0 Å². The van der Waals surface area contributed by atoms with Gasteiger partial charge in [-0.2, -0.15) is 18.2 Å². The van der Waals surface area contributed by atoms with E-state index in [2.05, 4.69) is 15.4 Å². The van der Waals surface area contributed by atoms with Crippen molar-refractivity contribution < 1.29 is 17.9 Å². The summed E-state index contributed by atoms with van der Waals surface area (Å²) in [7, 11) is 1.57. The number of ether oxygens (including phenoxy) is 1. The predicted molar refractivity (Wildman–Crippen MR) is 69.2 cm³/mol. The van der Waals surface area contributed by atoms with Gasteiger partial charge in [-0.25, -0.2) is 4.68 Å². The Balaban J connectivity index is 1.85. The van der Waals surface area contributed by atoms with E-state index < -0.39 is 12.0 Å². The van der Waals surface area contributed by atoms with Gasteiger partial charge in [0.25, 0.3) is 5.82 Å². The zero-order valence-corrected chi connectivity index (χ0v) is 11.2. The largest absolute Gasteiger partial charge is 0.497 e. The fraction of sp³-hybridized carbons (Fsp3) is 0.385. The number of aromatic nitrogens is 3. The molecular formula is C13H13F3N4O. The van der Waals surface area contributed by atoms with E-state index in [0.29, 0.717) is 18.8 Å². The summed E-state index contributed by atoms with van der Waals surface area (Å²) in [6, 6.07) is 7.47. The second-order valence-corrected chi connectivity index (χ2v) is 4.79. The van der Waals surface area contributed by atoms with E-state index in [9.17, 15) is 13.2 Å². The maximum atomic E-state index is 12.6. The topological polar surface area (TPSA) is 52.0 Å². The van der Waals surface area contributed by atoms with Crippen molar-refractivity contribution in [2.24, 2.45) is 0 Å². The molecule has 2 heterocycles. The molecule has 1 atom stereocenters. The molecule has 1 aliphatic rings. The zero-order chi connectivity index (χ0) is 15.0. The Labute approximate surface area is 118 Å². The van der Waals surface area contributed by atoms with Gasteiger partial charge in [-0.05, 0) is 17.7 Å². The smallest absolute Gasteiger partial charge is 0.453 e. The Morgan fingerprint density at radius 3 is 2.90 bits per heavy atom. The van der Waals surface area contributed by atoms with Gasteiger partial charge in [-0.1, -0.05) is 12.1 Å². The number of benzene rings is 1. The van der Waals surface area contributed by atoms with Crippen molar-refractivity contribution in [3.63, 3.8) is 0 Å². The molecule has 0 saturated carbocycles. The van der Waals surface area contributed by atoms with Gasteiger partial charge in [-0.15, -0.1) is 5.10 Å². The first kappa shape index (κ1) is 13.7. The number of hydrogen-bond donors (Lipinski definition) is 1. The van der Waals surface area contributed by atoms with Gasteiger partial charge in [0.05, 0.1) is 13.7 Å². The summed E-state index contributed by atoms with van der Waals surface area (Å²) in [4.78, 5) is 3.47. The van der Waals surface area contributed by atoms with Crippen molar-refractivity contribution in [3.8, 4) is 5.75 Å². The van der Waals surface area contributed by atoms with Gasteiger partial charge in [0.2, 0.25) is 5.95 Å². The molecule has 1 N–H and O–H groups in total. The Bertz CT molecular complexity index is 653. The number of hydrogen-bond acceptors (Lipinski definition) is 4. The fourth-order valence-electron chi connectivity index (χ4n) is 2.33. The maximum Gasteiger partial charge on any atom is 0.453 e. The van der Waals surface area contributed by atoms with Crippen molar-refractivity contribution in [2.45, 2.75) is 18.6 Å².